The molecule has 1 saturated heterocycles. The maximum absolute atomic E-state index is 12.9. The summed E-state index contributed by atoms with van der Waals surface area (Å²) in [6, 6.07) is 9.41. The summed E-state index contributed by atoms with van der Waals surface area (Å²) in [7, 11) is 0. The van der Waals surface area contributed by atoms with Crippen LogP contribution in [0, 0.1) is 10.1 Å². The number of rotatable bonds is 7. The molecular weight excluding hydrogens is 449 g/mol. The van der Waals surface area contributed by atoms with Gasteiger partial charge in [-0.25, -0.2) is 4.79 Å². The number of carbonyl (C=O) groups excluding carboxylic acids is 3. The molecule has 1 aliphatic rings. The summed E-state index contributed by atoms with van der Waals surface area (Å²) in [5.74, 6) is -2.13. The molecule has 1 atom stereocenters. The van der Waals surface area contributed by atoms with Crippen LogP contribution < -0.4 is 15.4 Å². The summed E-state index contributed by atoms with van der Waals surface area (Å²) in [6.07, 6.45) is -4.92. The van der Waals surface area contributed by atoms with E-state index in [0.717, 1.165) is 12.1 Å². The zero-order chi connectivity index (χ0) is 24.4. The second kappa shape index (κ2) is 8.76. The monoisotopic (exact) mass is 466 g/mol. The van der Waals surface area contributed by atoms with E-state index in [0.29, 0.717) is 4.90 Å². The van der Waals surface area contributed by atoms with Crippen molar-refractivity contribution in [3.8, 4) is 5.75 Å². The van der Waals surface area contributed by atoms with Gasteiger partial charge in [0, 0.05) is 24.2 Å². The van der Waals surface area contributed by atoms with Gasteiger partial charge in [-0.1, -0.05) is 30.3 Å². The number of imide groups is 1. The fourth-order valence-corrected chi connectivity index (χ4v) is 3.23. The van der Waals surface area contributed by atoms with Crippen molar-refractivity contribution < 1.29 is 37.2 Å². The van der Waals surface area contributed by atoms with Crippen LogP contribution in [0.4, 0.5) is 23.7 Å². The molecule has 3 rings (SSSR count). The highest BCUT2D eigenvalue weighted by molar-refractivity contribution is 6.09. The van der Waals surface area contributed by atoms with Gasteiger partial charge in [-0.15, -0.1) is 13.2 Å². The lowest BCUT2D eigenvalue weighted by Gasteiger charge is -2.22. The summed E-state index contributed by atoms with van der Waals surface area (Å²) in [5, 5.41) is 15.8. The van der Waals surface area contributed by atoms with Gasteiger partial charge >= 0.3 is 12.4 Å². The Bertz CT molecular complexity index is 1120. The van der Waals surface area contributed by atoms with Crippen LogP contribution in [0.2, 0.25) is 0 Å². The van der Waals surface area contributed by atoms with Crippen molar-refractivity contribution in [3.63, 3.8) is 0 Å². The summed E-state index contributed by atoms with van der Waals surface area (Å²) in [4.78, 5) is 48.5. The number of amides is 4. The molecule has 1 aliphatic heterocycles. The number of hydrogen-bond acceptors (Lipinski definition) is 6. The van der Waals surface area contributed by atoms with Crippen molar-refractivity contribution in [2.24, 2.45) is 0 Å². The quantitative estimate of drug-likeness (QED) is 0.366. The number of nitro benzene ring substituents is 1. The fraction of sp³-hybridized carbons (Fsp3) is 0.250. The van der Waals surface area contributed by atoms with E-state index in [-0.39, 0.29) is 23.4 Å². The number of para-hydroxylation sites is 1. The first-order valence-corrected chi connectivity index (χ1v) is 9.40. The Balaban J connectivity index is 1.69. The molecule has 0 saturated carbocycles. The summed E-state index contributed by atoms with van der Waals surface area (Å²) in [6.45, 7) is 0.281. The van der Waals surface area contributed by atoms with Gasteiger partial charge in [-0.05, 0) is 18.6 Å². The van der Waals surface area contributed by atoms with E-state index in [4.69, 9.17) is 0 Å². The summed E-state index contributed by atoms with van der Waals surface area (Å²) >= 11 is 0. The average molecular weight is 466 g/mol. The number of alkyl halides is 3. The number of nitro groups is 1. The first-order chi connectivity index (χ1) is 15.4. The molecule has 2 aromatic rings. The minimum Gasteiger partial charge on any atom is -0.405 e. The van der Waals surface area contributed by atoms with E-state index >= 15 is 0 Å². The number of non-ortho nitro benzene ring substituents is 1. The van der Waals surface area contributed by atoms with Crippen LogP contribution >= 0.6 is 0 Å². The Morgan fingerprint density at radius 3 is 2.58 bits per heavy atom. The van der Waals surface area contributed by atoms with Gasteiger partial charge in [0.05, 0.1) is 4.92 Å². The number of carbonyl (C=O) groups is 3. The first-order valence-electron chi connectivity index (χ1n) is 9.40. The standard InChI is InChI=1S/C20H17F3N4O6/c1-19(13-6-4-7-14(9-13)27(31)32)17(29)26(18(30)25-19)11-16(28)24-10-12-5-2-3-8-15(12)33-20(21,22)23/h2-9H,10-11H2,1H3,(H,24,28)(H,25,30). The molecule has 0 radical (unpaired) electrons. The van der Waals surface area contributed by atoms with E-state index in [1.165, 1.54) is 43.3 Å². The van der Waals surface area contributed by atoms with Crippen molar-refractivity contribution in [2.75, 3.05) is 6.54 Å². The number of nitrogens with one attached hydrogen (secondary N) is 2. The number of ether oxygens (including phenoxy) is 1. The van der Waals surface area contributed by atoms with Crippen LogP contribution in [-0.4, -0.2) is 40.6 Å². The molecule has 2 aromatic carbocycles. The van der Waals surface area contributed by atoms with Crippen LogP contribution in [0.5, 0.6) is 5.75 Å². The molecule has 1 unspecified atom stereocenters. The largest absolute Gasteiger partial charge is 0.573 e. The zero-order valence-corrected chi connectivity index (χ0v) is 17.0. The predicted molar refractivity (Wildman–Crippen MR) is 106 cm³/mol. The van der Waals surface area contributed by atoms with Crippen LogP contribution in [0.1, 0.15) is 18.1 Å². The first kappa shape index (κ1) is 23.5. The molecule has 33 heavy (non-hydrogen) atoms. The number of urea groups is 1. The van der Waals surface area contributed by atoms with Gasteiger partial charge < -0.3 is 15.4 Å². The molecule has 0 aromatic heterocycles. The Morgan fingerprint density at radius 1 is 1.21 bits per heavy atom. The predicted octanol–water partition coefficient (Wildman–Crippen LogP) is 2.58. The molecule has 0 aliphatic carbocycles. The van der Waals surface area contributed by atoms with Crippen LogP contribution in [0.3, 0.4) is 0 Å². The van der Waals surface area contributed by atoms with Crippen molar-refractivity contribution in [1.29, 1.82) is 0 Å². The molecule has 174 valence electrons. The van der Waals surface area contributed by atoms with Gasteiger partial charge in [0.2, 0.25) is 5.91 Å². The number of halogens is 3. The maximum atomic E-state index is 12.9. The molecule has 0 bridgehead atoms. The van der Waals surface area contributed by atoms with Crippen LogP contribution in [-0.2, 0) is 21.7 Å². The van der Waals surface area contributed by atoms with Crippen LogP contribution in [0.25, 0.3) is 0 Å². The van der Waals surface area contributed by atoms with E-state index < -0.39 is 47.0 Å². The normalized spacial score (nSPS) is 18.1. The fourth-order valence-electron chi connectivity index (χ4n) is 3.23. The SMILES string of the molecule is CC1(c2cccc([N+](=O)[O-])c2)NC(=O)N(CC(=O)NCc2ccccc2OC(F)(F)F)C1=O. The van der Waals surface area contributed by atoms with Crippen molar-refractivity contribution >= 4 is 23.5 Å². The third-order valence-electron chi connectivity index (χ3n) is 4.89. The molecule has 10 nitrogen and oxygen atoms in total. The molecule has 4 amide bonds. The second-order valence-corrected chi connectivity index (χ2v) is 7.19. The topological polar surface area (TPSA) is 131 Å². The van der Waals surface area contributed by atoms with Crippen molar-refractivity contribution in [2.45, 2.75) is 25.4 Å². The highest BCUT2D eigenvalue weighted by Crippen LogP contribution is 2.31. The highest BCUT2D eigenvalue weighted by atomic mass is 19.4. The second-order valence-electron chi connectivity index (χ2n) is 7.19. The third-order valence-corrected chi connectivity index (χ3v) is 4.89. The van der Waals surface area contributed by atoms with Gasteiger partial charge in [0.15, 0.2) is 0 Å². The van der Waals surface area contributed by atoms with E-state index in [9.17, 15) is 37.7 Å². The Labute approximate surface area is 184 Å². The van der Waals surface area contributed by atoms with Crippen molar-refractivity contribution in [3.05, 3.63) is 69.8 Å². The Hall–Kier alpha value is -4.16. The number of hydrogen-bond donors (Lipinski definition) is 2. The highest BCUT2D eigenvalue weighted by Gasteiger charge is 2.49. The molecule has 1 fully saturated rings. The minimum absolute atomic E-state index is 0.0295. The molecule has 0 spiro atoms. The zero-order valence-electron chi connectivity index (χ0n) is 17.0. The summed E-state index contributed by atoms with van der Waals surface area (Å²) in [5.41, 5.74) is -1.75. The molecule has 2 N–H and O–H groups in total. The lowest BCUT2D eigenvalue weighted by atomic mass is 9.91. The van der Waals surface area contributed by atoms with E-state index in [1.807, 2.05) is 0 Å². The van der Waals surface area contributed by atoms with Crippen LogP contribution in [0.15, 0.2) is 48.5 Å². The van der Waals surface area contributed by atoms with Gasteiger partial charge in [-0.3, -0.25) is 24.6 Å². The Morgan fingerprint density at radius 2 is 1.91 bits per heavy atom. The molecule has 13 heteroatoms. The Kier molecular flexibility index (Phi) is 6.24. The van der Waals surface area contributed by atoms with Gasteiger partial charge in [0.25, 0.3) is 11.6 Å². The lowest BCUT2D eigenvalue weighted by molar-refractivity contribution is -0.385. The lowest BCUT2D eigenvalue weighted by Crippen LogP contribution is -2.43. The third kappa shape index (κ3) is 5.19. The van der Waals surface area contributed by atoms with E-state index in [2.05, 4.69) is 15.4 Å². The smallest absolute Gasteiger partial charge is 0.405 e. The molecule has 1 heterocycles. The average Bonchev–Trinajstić information content (AvgIpc) is 2.96. The molecular formula is C20H17F3N4O6. The van der Waals surface area contributed by atoms with Crippen molar-refractivity contribution in [1.82, 2.24) is 15.5 Å². The van der Waals surface area contributed by atoms with E-state index in [1.54, 1.807) is 0 Å². The van der Waals surface area contributed by atoms with Gasteiger partial charge in [-0.2, -0.15) is 0 Å². The number of benzene rings is 2. The van der Waals surface area contributed by atoms with Gasteiger partial charge in [0.1, 0.15) is 17.8 Å². The number of nitrogens with zero attached hydrogens (tertiary/aromatic N) is 2. The minimum atomic E-state index is -4.92. The maximum Gasteiger partial charge on any atom is 0.573 e. The summed E-state index contributed by atoms with van der Waals surface area (Å²) < 4.78 is 41.5.